The van der Waals surface area contributed by atoms with Crippen LogP contribution in [-0.2, 0) is 0 Å². The predicted molar refractivity (Wildman–Crippen MR) is 70.3 cm³/mol. The van der Waals surface area contributed by atoms with E-state index in [-0.39, 0.29) is 5.91 Å². The zero-order valence-corrected chi connectivity index (χ0v) is 11.2. The second-order valence-corrected chi connectivity index (χ2v) is 5.21. The summed E-state index contributed by atoms with van der Waals surface area (Å²) in [7, 11) is 3.92. The van der Waals surface area contributed by atoms with Gasteiger partial charge in [-0.2, -0.15) is 5.10 Å². The number of H-pyrrole nitrogens is 1. The molecule has 0 saturated carbocycles. The maximum absolute atomic E-state index is 12.2. The molecule has 0 bridgehead atoms. The van der Waals surface area contributed by atoms with Gasteiger partial charge in [0.05, 0.1) is 11.4 Å². The molecule has 100 valence electrons. The highest BCUT2D eigenvalue weighted by Crippen LogP contribution is 2.18. The second kappa shape index (κ2) is 4.97. The standard InChI is InChI=1S/C12H21N5O/c1-8-10(13)11(15-14-8)12(18)17(3)7-9-4-5-16(2)6-9/h9H,4-7,13H2,1-3H3,(H,14,15). The molecule has 3 N–H and O–H groups in total. The third-order valence-corrected chi connectivity index (χ3v) is 3.56. The lowest BCUT2D eigenvalue weighted by Gasteiger charge is -2.20. The molecule has 0 radical (unpaired) electrons. The number of aromatic amines is 1. The van der Waals surface area contributed by atoms with Gasteiger partial charge in [0.25, 0.3) is 5.91 Å². The topological polar surface area (TPSA) is 78.2 Å². The van der Waals surface area contributed by atoms with Crippen LogP contribution in [0.4, 0.5) is 5.69 Å². The summed E-state index contributed by atoms with van der Waals surface area (Å²) in [5, 5.41) is 6.72. The number of rotatable bonds is 3. The van der Waals surface area contributed by atoms with Crippen molar-refractivity contribution in [1.29, 1.82) is 0 Å². The molecule has 6 nitrogen and oxygen atoms in total. The summed E-state index contributed by atoms with van der Waals surface area (Å²) in [6.45, 7) is 4.72. The number of anilines is 1. The molecule has 1 aliphatic heterocycles. The Hall–Kier alpha value is -1.56. The Morgan fingerprint density at radius 3 is 2.89 bits per heavy atom. The molecule has 0 aliphatic carbocycles. The van der Waals surface area contributed by atoms with Crippen molar-refractivity contribution < 1.29 is 4.79 Å². The Labute approximate surface area is 107 Å². The fourth-order valence-electron chi connectivity index (χ4n) is 2.43. The lowest BCUT2D eigenvalue weighted by molar-refractivity contribution is 0.0769. The van der Waals surface area contributed by atoms with E-state index in [0.717, 1.165) is 31.7 Å². The number of carbonyl (C=O) groups is 1. The summed E-state index contributed by atoms with van der Waals surface area (Å²) >= 11 is 0. The van der Waals surface area contributed by atoms with E-state index >= 15 is 0 Å². The predicted octanol–water partition coefficient (Wildman–Crippen LogP) is 0.324. The van der Waals surface area contributed by atoms with Gasteiger partial charge in [0.1, 0.15) is 0 Å². The lowest BCUT2D eigenvalue weighted by Crippen LogP contribution is -2.33. The van der Waals surface area contributed by atoms with Crippen molar-refractivity contribution in [3.8, 4) is 0 Å². The Kier molecular flexibility index (Phi) is 3.56. The van der Waals surface area contributed by atoms with E-state index in [1.165, 1.54) is 0 Å². The number of likely N-dealkylation sites (tertiary alicyclic amines) is 1. The average Bonchev–Trinajstić information content (AvgIpc) is 2.87. The van der Waals surface area contributed by atoms with Gasteiger partial charge in [-0.25, -0.2) is 0 Å². The summed E-state index contributed by atoms with van der Waals surface area (Å²) in [5.74, 6) is 0.441. The minimum atomic E-state index is -0.105. The average molecular weight is 251 g/mol. The van der Waals surface area contributed by atoms with E-state index in [1.54, 1.807) is 4.90 Å². The van der Waals surface area contributed by atoms with Crippen LogP contribution < -0.4 is 5.73 Å². The number of aryl methyl sites for hydroxylation is 1. The molecule has 1 fully saturated rings. The van der Waals surface area contributed by atoms with Crippen molar-refractivity contribution in [2.45, 2.75) is 13.3 Å². The first-order chi connectivity index (χ1) is 8.49. The van der Waals surface area contributed by atoms with Crippen LogP contribution in [0.3, 0.4) is 0 Å². The van der Waals surface area contributed by atoms with Gasteiger partial charge < -0.3 is 15.5 Å². The van der Waals surface area contributed by atoms with Crippen molar-refractivity contribution in [2.75, 3.05) is 39.5 Å². The third-order valence-electron chi connectivity index (χ3n) is 3.56. The van der Waals surface area contributed by atoms with Crippen LogP contribution in [0.1, 0.15) is 22.6 Å². The van der Waals surface area contributed by atoms with Crippen LogP contribution >= 0.6 is 0 Å². The van der Waals surface area contributed by atoms with Crippen LogP contribution in [0, 0.1) is 12.8 Å². The number of hydrogen-bond acceptors (Lipinski definition) is 4. The van der Waals surface area contributed by atoms with E-state index in [2.05, 4.69) is 22.1 Å². The number of nitrogens with two attached hydrogens (primary N) is 1. The molecule has 2 heterocycles. The molecule has 1 aliphatic rings. The summed E-state index contributed by atoms with van der Waals surface area (Å²) in [6, 6.07) is 0. The molecule has 6 heteroatoms. The van der Waals surface area contributed by atoms with Crippen LogP contribution in [0.2, 0.25) is 0 Å². The van der Waals surface area contributed by atoms with E-state index in [4.69, 9.17) is 5.73 Å². The van der Waals surface area contributed by atoms with E-state index in [1.807, 2.05) is 14.0 Å². The van der Waals surface area contributed by atoms with Crippen molar-refractivity contribution in [2.24, 2.45) is 5.92 Å². The Morgan fingerprint density at radius 1 is 1.67 bits per heavy atom. The van der Waals surface area contributed by atoms with Crippen LogP contribution in [0.25, 0.3) is 0 Å². The van der Waals surface area contributed by atoms with E-state index in [9.17, 15) is 4.79 Å². The number of amides is 1. The smallest absolute Gasteiger partial charge is 0.276 e. The van der Waals surface area contributed by atoms with Gasteiger partial charge in [-0.3, -0.25) is 9.89 Å². The highest BCUT2D eigenvalue weighted by molar-refractivity contribution is 5.97. The molecule has 1 amide bonds. The fraction of sp³-hybridized carbons (Fsp3) is 0.667. The first kappa shape index (κ1) is 12.9. The number of nitrogen functional groups attached to an aromatic ring is 1. The fourth-order valence-corrected chi connectivity index (χ4v) is 2.43. The second-order valence-electron chi connectivity index (χ2n) is 5.21. The maximum Gasteiger partial charge on any atom is 0.276 e. The quantitative estimate of drug-likeness (QED) is 0.811. The SMILES string of the molecule is Cc1[nH]nc(C(=O)N(C)CC2CCN(C)C2)c1N. The first-order valence-electron chi connectivity index (χ1n) is 6.23. The van der Waals surface area contributed by atoms with Gasteiger partial charge >= 0.3 is 0 Å². The largest absolute Gasteiger partial charge is 0.395 e. The molecule has 0 spiro atoms. The molecule has 2 rings (SSSR count). The number of aromatic nitrogens is 2. The summed E-state index contributed by atoms with van der Waals surface area (Å²) in [6.07, 6.45) is 1.14. The molecule has 0 aromatic carbocycles. The zero-order chi connectivity index (χ0) is 13.3. The Bertz CT molecular complexity index is 442. The Morgan fingerprint density at radius 2 is 2.39 bits per heavy atom. The van der Waals surface area contributed by atoms with Gasteiger partial charge in [0.2, 0.25) is 0 Å². The van der Waals surface area contributed by atoms with E-state index in [0.29, 0.717) is 17.3 Å². The molecule has 1 aromatic heterocycles. The van der Waals surface area contributed by atoms with Crippen LogP contribution in [0.15, 0.2) is 0 Å². The van der Waals surface area contributed by atoms with Gasteiger partial charge in [-0.1, -0.05) is 0 Å². The van der Waals surface area contributed by atoms with Crippen LogP contribution in [-0.4, -0.2) is 59.6 Å². The maximum atomic E-state index is 12.2. The molecular weight excluding hydrogens is 230 g/mol. The summed E-state index contributed by atoms with van der Waals surface area (Å²) in [5.41, 5.74) is 7.35. The minimum Gasteiger partial charge on any atom is -0.395 e. The highest BCUT2D eigenvalue weighted by atomic mass is 16.2. The molecule has 1 unspecified atom stereocenters. The van der Waals surface area contributed by atoms with Gasteiger partial charge in [-0.15, -0.1) is 0 Å². The summed E-state index contributed by atoms with van der Waals surface area (Å²) < 4.78 is 0. The van der Waals surface area contributed by atoms with Gasteiger partial charge in [-0.05, 0) is 32.9 Å². The molecule has 1 saturated heterocycles. The molecular formula is C12H21N5O. The number of carbonyl (C=O) groups excluding carboxylic acids is 1. The summed E-state index contributed by atoms with van der Waals surface area (Å²) in [4.78, 5) is 16.2. The molecule has 1 atom stereocenters. The van der Waals surface area contributed by atoms with Gasteiger partial charge in [0, 0.05) is 20.1 Å². The van der Waals surface area contributed by atoms with Crippen molar-refractivity contribution in [3.63, 3.8) is 0 Å². The monoisotopic (exact) mass is 251 g/mol. The number of nitrogens with one attached hydrogen (secondary N) is 1. The van der Waals surface area contributed by atoms with Crippen molar-refractivity contribution >= 4 is 11.6 Å². The number of hydrogen-bond donors (Lipinski definition) is 2. The van der Waals surface area contributed by atoms with Crippen LogP contribution in [0.5, 0.6) is 0 Å². The normalized spacial score (nSPS) is 20.3. The lowest BCUT2D eigenvalue weighted by atomic mass is 10.1. The highest BCUT2D eigenvalue weighted by Gasteiger charge is 2.25. The first-order valence-corrected chi connectivity index (χ1v) is 6.23. The molecule has 18 heavy (non-hydrogen) atoms. The number of nitrogens with zero attached hydrogens (tertiary/aromatic N) is 3. The molecule has 1 aromatic rings. The Balaban J connectivity index is 1.99. The van der Waals surface area contributed by atoms with Crippen molar-refractivity contribution in [1.82, 2.24) is 20.0 Å². The zero-order valence-electron chi connectivity index (χ0n) is 11.2. The van der Waals surface area contributed by atoms with Crippen molar-refractivity contribution in [3.05, 3.63) is 11.4 Å². The third kappa shape index (κ3) is 2.48. The van der Waals surface area contributed by atoms with E-state index < -0.39 is 0 Å². The minimum absolute atomic E-state index is 0.105. The van der Waals surface area contributed by atoms with Gasteiger partial charge in [0.15, 0.2) is 5.69 Å².